The van der Waals surface area contributed by atoms with E-state index in [1.165, 1.54) is 12.1 Å². The molecule has 0 saturated carbocycles. The Hall–Kier alpha value is -4.00. The lowest BCUT2D eigenvalue weighted by Gasteiger charge is -2.17. The molecule has 4 rings (SSSR count). The number of nitro groups is 1. The number of aryl methyl sites for hydroxylation is 2. The lowest BCUT2D eigenvalue weighted by Crippen LogP contribution is -2.30. The minimum atomic E-state index is -0.535. The summed E-state index contributed by atoms with van der Waals surface area (Å²) in [4.78, 5) is 31.3. The number of nitro benzene ring substituents is 1. The zero-order valence-corrected chi connectivity index (χ0v) is 16.5. The van der Waals surface area contributed by atoms with Gasteiger partial charge in [-0.1, -0.05) is 36.4 Å². The molecule has 7 heteroatoms. The van der Waals surface area contributed by atoms with Gasteiger partial charge in [-0.25, -0.2) is 4.98 Å². The summed E-state index contributed by atoms with van der Waals surface area (Å²) in [7, 11) is 0. The van der Waals surface area contributed by atoms with Gasteiger partial charge in [-0.2, -0.15) is 0 Å². The van der Waals surface area contributed by atoms with Crippen LogP contribution in [0.3, 0.4) is 0 Å². The summed E-state index contributed by atoms with van der Waals surface area (Å²) in [5.41, 5.74) is 4.68. The average molecular weight is 400 g/mol. The van der Waals surface area contributed by atoms with Crippen LogP contribution in [-0.4, -0.2) is 20.8 Å². The molecule has 0 aliphatic carbocycles. The van der Waals surface area contributed by atoms with Gasteiger partial charge in [0.15, 0.2) is 0 Å². The van der Waals surface area contributed by atoms with E-state index >= 15 is 0 Å². The minimum absolute atomic E-state index is 0.0203. The van der Waals surface area contributed by atoms with Crippen LogP contribution in [0.15, 0.2) is 66.7 Å². The molecule has 30 heavy (non-hydrogen) atoms. The number of nitrogens with one attached hydrogen (secondary N) is 2. The van der Waals surface area contributed by atoms with E-state index in [-0.39, 0.29) is 11.6 Å². The van der Waals surface area contributed by atoms with Crippen molar-refractivity contribution >= 4 is 22.6 Å². The molecular weight excluding hydrogens is 380 g/mol. The Labute approximate surface area is 172 Å². The van der Waals surface area contributed by atoms with Crippen molar-refractivity contribution in [1.82, 2.24) is 15.3 Å². The Kier molecular flexibility index (Phi) is 5.02. The van der Waals surface area contributed by atoms with E-state index in [1.807, 2.05) is 56.3 Å². The number of hydrogen-bond donors (Lipinski definition) is 2. The van der Waals surface area contributed by atoms with Crippen molar-refractivity contribution < 1.29 is 9.72 Å². The molecule has 1 heterocycles. The number of fused-ring (bicyclic) bond motifs is 1. The quantitative estimate of drug-likeness (QED) is 0.377. The Bertz CT molecular complexity index is 1250. The van der Waals surface area contributed by atoms with Gasteiger partial charge in [0.2, 0.25) is 0 Å². The first-order valence-corrected chi connectivity index (χ1v) is 9.49. The number of H-pyrrole nitrogens is 1. The molecule has 0 saturated heterocycles. The molecule has 7 nitrogen and oxygen atoms in total. The second kappa shape index (κ2) is 7.79. The maximum Gasteiger partial charge on any atom is 0.271 e. The molecule has 4 aromatic rings. The average Bonchev–Trinajstić information content (AvgIpc) is 3.17. The molecule has 3 aromatic carbocycles. The van der Waals surface area contributed by atoms with Crippen molar-refractivity contribution in [3.05, 3.63) is 105 Å². The van der Waals surface area contributed by atoms with Crippen LogP contribution in [-0.2, 0) is 0 Å². The van der Waals surface area contributed by atoms with Crippen LogP contribution >= 0.6 is 0 Å². The number of aromatic amines is 1. The number of carbonyl (C=O) groups is 1. The van der Waals surface area contributed by atoms with E-state index in [4.69, 9.17) is 0 Å². The van der Waals surface area contributed by atoms with Crippen LogP contribution in [0.1, 0.15) is 38.9 Å². The van der Waals surface area contributed by atoms with Crippen LogP contribution in [0.5, 0.6) is 0 Å². The molecule has 1 aromatic heterocycles. The van der Waals surface area contributed by atoms with Crippen molar-refractivity contribution in [3.63, 3.8) is 0 Å². The number of hydrogen-bond acceptors (Lipinski definition) is 4. The monoisotopic (exact) mass is 400 g/mol. The fraction of sp³-hybridized carbons (Fsp3) is 0.130. The maximum atomic E-state index is 13.0. The number of aromatic nitrogens is 2. The van der Waals surface area contributed by atoms with Gasteiger partial charge in [-0.15, -0.1) is 0 Å². The predicted molar refractivity (Wildman–Crippen MR) is 114 cm³/mol. The normalized spacial score (nSPS) is 11.9. The molecule has 0 radical (unpaired) electrons. The van der Waals surface area contributed by atoms with Gasteiger partial charge < -0.3 is 10.3 Å². The molecule has 150 valence electrons. The summed E-state index contributed by atoms with van der Waals surface area (Å²) in [5.74, 6) is 0.285. The predicted octanol–water partition coefficient (Wildman–Crippen LogP) is 4.61. The summed E-state index contributed by atoms with van der Waals surface area (Å²) in [6.07, 6.45) is 0. The Morgan fingerprint density at radius 3 is 2.50 bits per heavy atom. The van der Waals surface area contributed by atoms with Gasteiger partial charge in [0.05, 0.1) is 16.0 Å². The van der Waals surface area contributed by atoms with Gasteiger partial charge in [0.25, 0.3) is 11.6 Å². The number of carbonyl (C=O) groups excluding carboxylic acids is 1. The highest BCUT2D eigenvalue weighted by molar-refractivity contribution is 5.95. The van der Waals surface area contributed by atoms with Crippen molar-refractivity contribution in [2.75, 3.05) is 0 Å². The van der Waals surface area contributed by atoms with Crippen LogP contribution in [0.4, 0.5) is 5.69 Å². The third-order valence-electron chi connectivity index (χ3n) is 5.15. The minimum Gasteiger partial charge on any atom is -0.340 e. The van der Waals surface area contributed by atoms with Gasteiger partial charge in [0, 0.05) is 17.7 Å². The molecule has 0 fully saturated rings. The number of benzene rings is 3. The fourth-order valence-corrected chi connectivity index (χ4v) is 3.32. The summed E-state index contributed by atoms with van der Waals surface area (Å²) >= 11 is 0. The van der Waals surface area contributed by atoms with E-state index in [1.54, 1.807) is 12.1 Å². The molecule has 1 amide bonds. The Morgan fingerprint density at radius 1 is 1.03 bits per heavy atom. The number of non-ortho nitro benzene ring substituents is 1. The third-order valence-corrected chi connectivity index (χ3v) is 5.15. The molecule has 1 unspecified atom stereocenters. The lowest BCUT2D eigenvalue weighted by atomic mass is 10.0. The maximum absolute atomic E-state index is 13.0. The van der Waals surface area contributed by atoms with Gasteiger partial charge in [-0.3, -0.25) is 14.9 Å². The molecule has 0 aliphatic heterocycles. The summed E-state index contributed by atoms with van der Waals surface area (Å²) in [6.45, 7) is 3.96. The molecule has 0 spiro atoms. The van der Waals surface area contributed by atoms with E-state index in [9.17, 15) is 14.9 Å². The van der Waals surface area contributed by atoms with Crippen molar-refractivity contribution in [3.8, 4) is 0 Å². The van der Waals surface area contributed by atoms with Crippen molar-refractivity contribution in [2.24, 2.45) is 0 Å². The highest BCUT2D eigenvalue weighted by Gasteiger charge is 2.22. The second-order valence-electron chi connectivity index (χ2n) is 7.20. The first-order chi connectivity index (χ1) is 14.4. The number of imidazole rings is 1. The van der Waals surface area contributed by atoms with Gasteiger partial charge >= 0.3 is 0 Å². The molecule has 2 N–H and O–H groups in total. The summed E-state index contributed by atoms with van der Waals surface area (Å²) in [5, 5.41) is 14.1. The Balaban J connectivity index is 1.73. The van der Waals surface area contributed by atoms with E-state index in [2.05, 4.69) is 15.3 Å². The number of rotatable bonds is 5. The van der Waals surface area contributed by atoms with Crippen molar-refractivity contribution in [1.29, 1.82) is 0 Å². The lowest BCUT2D eigenvalue weighted by molar-refractivity contribution is -0.384. The first-order valence-electron chi connectivity index (χ1n) is 9.49. The molecular formula is C23H20N4O3. The summed E-state index contributed by atoms with van der Waals surface area (Å²) < 4.78 is 0. The second-order valence-corrected chi connectivity index (χ2v) is 7.20. The number of nitrogens with zero attached hydrogens (tertiary/aromatic N) is 2. The van der Waals surface area contributed by atoms with Gasteiger partial charge in [0.1, 0.15) is 11.9 Å². The molecule has 1 atom stereocenters. The summed E-state index contributed by atoms with van der Waals surface area (Å²) in [6, 6.07) is 19.0. The zero-order chi connectivity index (χ0) is 21.3. The highest BCUT2D eigenvalue weighted by atomic mass is 16.6. The smallest absolute Gasteiger partial charge is 0.271 e. The van der Waals surface area contributed by atoms with E-state index < -0.39 is 11.0 Å². The SMILES string of the molecule is Cc1ccc(C(=O)NC(c2ccccc2)c2nc3ccc([N+](=O)[O-])cc3[nH]2)cc1C. The highest BCUT2D eigenvalue weighted by Crippen LogP contribution is 2.25. The Morgan fingerprint density at radius 2 is 1.80 bits per heavy atom. The van der Waals surface area contributed by atoms with Crippen LogP contribution < -0.4 is 5.32 Å². The van der Waals surface area contributed by atoms with E-state index in [0.29, 0.717) is 22.4 Å². The molecule has 0 aliphatic rings. The fourth-order valence-electron chi connectivity index (χ4n) is 3.32. The van der Waals surface area contributed by atoms with Crippen LogP contribution in [0, 0.1) is 24.0 Å². The van der Waals surface area contributed by atoms with Crippen LogP contribution in [0.2, 0.25) is 0 Å². The van der Waals surface area contributed by atoms with Crippen molar-refractivity contribution in [2.45, 2.75) is 19.9 Å². The number of amides is 1. The van der Waals surface area contributed by atoms with Crippen LogP contribution in [0.25, 0.3) is 11.0 Å². The van der Waals surface area contributed by atoms with E-state index in [0.717, 1.165) is 16.7 Å². The standard InChI is InChI=1S/C23H20N4O3/c1-14-8-9-17(12-15(14)2)23(28)26-21(16-6-4-3-5-7-16)22-24-19-11-10-18(27(29)30)13-20(19)25-22/h3-13,21H,1-2H3,(H,24,25)(H,26,28). The van der Waals surface area contributed by atoms with Gasteiger partial charge in [-0.05, 0) is 48.7 Å². The largest absolute Gasteiger partial charge is 0.340 e. The molecule has 0 bridgehead atoms. The topological polar surface area (TPSA) is 101 Å². The third kappa shape index (κ3) is 3.77. The zero-order valence-electron chi connectivity index (χ0n) is 16.5. The first kappa shape index (κ1) is 19.3.